The molecule has 1 saturated heterocycles. The molecule has 0 aliphatic carbocycles. The van der Waals surface area contributed by atoms with Crippen molar-refractivity contribution in [1.82, 2.24) is 14.6 Å². The van der Waals surface area contributed by atoms with E-state index in [-0.39, 0.29) is 34.8 Å². The Hall–Kier alpha value is -2.74. The predicted octanol–water partition coefficient (Wildman–Crippen LogP) is 2.37. The zero-order valence-electron chi connectivity index (χ0n) is 16.5. The molecule has 1 aliphatic heterocycles. The summed E-state index contributed by atoms with van der Waals surface area (Å²) in [6, 6.07) is 8.66. The standard InChI is InChI=1S/C20H21ClFN5O3S/c21-17-12-16(3-4-18(17)22)31(29,30)27-10-5-14(6-11-27)20(28)26-9-8-25-19-15(13-23)2-1-7-24-19/h1-4,7,12,14H,5-6,8-11H2,(H,24,25)(H,26,28). The number of hydrogen-bond acceptors (Lipinski definition) is 6. The van der Waals surface area contributed by atoms with E-state index in [1.54, 1.807) is 18.3 Å². The number of nitrogens with zero attached hydrogens (tertiary/aromatic N) is 3. The van der Waals surface area contributed by atoms with Gasteiger partial charge < -0.3 is 10.6 Å². The van der Waals surface area contributed by atoms with Crippen LogP contribution in [0.1, 0.15) is 18.4 Å². The molecule has 0 bridgehead atoms. The highest BCUT2D eigenvalue weighted by Gasteiger charge is 2.32. The van der Waals surface area contributed by atoms with E-state index < -0.39 is 15.8 Å². The number of benzene rings is 1. The lowest BCUT2D eigenvalue weighted by Crippen LogP contribution is -2.43. The number of amides is 1. The van der Waals surface area contributed by atoms with E-state index in [4.69, 9.17) is 16.9 Å². The van der Waals surface area contributed by atoms with Crippen molar-refractivity contribution in [3.05, 3.63) is 52.9 Å². The van der Waals surface area contributed by atoms with Crippen molar-refractivity contribution in [3.8, 4) is 6.07 Å². The number of carbonyl (C=O) groups excluding carboxylic acids is 1. The third kappa shape index (κ3) is 5.50. The van der Waals surface area contributed by atoms with Crippen LogP contribution in [0.15, 0.2) is 41.4 Å². The monoisotopic (exact) mass is 465 g/mol. The number of hydrogen-bond donors (Lipinski definition) is 2. The van der Waals surface area contributed by atoms with Gasteiger partial charge in [0, 0.05) is 38.3 Å². The van der Waals surface area contributed by atoms with Gasteiger partial charge in [0.05, 0.1) is 15.5 Å². The van der Waals surface area contributed by atoms with E-state index in [1.165, 1.54) is 10.4 Å². The molecular weight excluding hydrogens is 445 g/mol. The number of nitrogens with one attached hydrogen (secondary N) is 2. The summed E-state index contributed by atoms with van der Waals surface area (Å²) < 4.78 is 40.1. The highest BCUT2D eigenvalue weighted by atomic mass is 35.5. The molecule has 0 spiro atoms. The summed E-state index contributed by atoms with van der Waals surface area (Å²) in [5, 5.41) is 14.6. The molecule has 11 heteroatoms. The van der Waals surface area contributed by atoms with Gasteiger partial charge in [0.1, 0.15) is 17.7 Å². The molecule has 8 nitrogen and oxygen atoms in total. The van der Waals surface area contributed by atoms with Crippen LogP contribution >= 0.6 is 11.6 Å². The first-order valence-corrected chi connectivity index (χ1v) is 11.5. The summed E-state index contributed by atoms with van der Waals surface area (Å²) in [6.45, 7) is 1.11. The quantitative estimate of drug-likeness (QED) is 0.606. The van der Waals surface area contributed by atoms with Gasteiger partial charge in [-0.3, -0.25) is 4.79 Å². The second kappa shape index (κ2) is 10.0. The Kier molecular flexibility index (Phi) is 7.43. The molecule has 1 aromatic carbocycles. The van der Waals surface area contributed by atoms with Crippen molar-refractivity contribution < 1.29 is 17.6 Å². The maximum absolute atomic E-state index is 13.3. The van der Waals surface area contributed by atoms with Crippen molar-refractivity contribution in [1.29, 1.82) is 5.26 Å². The average molecular weight is 466 g/mol. The summed E-state index contributed by atoms with van der Waals surface area (Å²) >= 11 is 5.70. The van der Waals surface area contributed by atoms with Gasteiger partial charge in [-0.1, -0.05) is 11.6 Å². The smallest absolute Gasteiger partial charge is 0.243 e. The fourth-order valence-corrected chi connectivity index (χ4v) is 5.03. The number of nitriles is 1. The Morgan fingerprint density at radius 3 is 2.71 bits per heavy atom. The highest BCUT2D eigenvalue weighted by Crippen LogP contribution is 2.26. The van der Waals surface area contributed by atoms with Gasteiger partial charge in [-0.25, -0.2) is 17.8 Å². The van der Waals surface area contributed by atoms with Crippen LogP contribution in [0.3, 0.4) is 0 Å². The summed E-state index contributed by atoms with van der Waals surface area (Å²) in [5.41, 5.74) is 0.421. The first kappa shape index (κ1) is 22.9. The Bertz CT molecular complexity index is 1100. The van der Waals surface area contributed by atoms with Crippen molar-refractivity contribution in [2.24, 2.45) is 5.92 Å². The fourth-order valence-electron chi connectivity index (χ4n) is 3.29. The van der Waals surface area contributed by atoms with Crippen LogP contribution in [0.5, 0.6) is 0 Å². The van der Waals surface area contributed by atoms with Gasteiger partial charge in [0.2, 0.25) is 15.9 Å². The minimum absolute atomic E-state index is 0.0702. The lowest BCUT2D eigenvalue weighted by molar-refractivity contribution is -0.126. The number of halogens is 2. The molecule has 31 heavy (non-hydrogen) atoms. The second-order valence-electron chi connectivity index (χ2n) is 6.98. The molecule has 1 aliphatic rings. The first-order chi connectivity index (χ1) is 14.8. The highest BCUT2D eigenvalue weighted by molar-refractivity contribution is 7.89. The number of aromatic nitrogens is 1. The van der Waals surface area contributed by atoms with Crippen molar-refractivity contribution in [3.63, 3.8) is 0 Å². The first-order valence-electron chi connectivity index (χ1n) is 9.65. The summed E-state index contributed by atoms with van der Waals surface area (Å²) in [4.78, 5) is 16.4. The van der Waals surface area contributed by atoms with E-state index in [1.807, 2.05) is 6.07 Å². The van der Waals surface area contributed by atoms with Gasteiger partial charge in [-0.2, -0.15) is 9.57 Å². The maximum Gasteiger partial charge on any atom is 0.243 e. The van der Waals surface area contributed by atoms with E-state index in [2.05, 4.69) is 15.6 Å². The molecule has 3 rings (SSSR count). The van der Waals surface area contributed by atoms with Crippen LogP contribution in [0, 0.1) is 23.1 Å². The molecule has 2 heterocycles. The van der Waals surface area contributed by atoms with Crippen LogP contribution in [0.25, 0.3) is 0 Å². The zero-order valence-corrected chi connectivity index (χ0v) is 18.1. The molecule has 0 saturated carbocycles. The average Bonchev–Trinajstić information content (AvgIpc) is 2.78. The minimum Gasteiger partial charge on any atom is -0.367 e. The molecule has 1 amide bonds. The molecule has 0 unspecified atom stereocenters. The van der Waals surface area contributed by atoms with Crippen LogP contribution in [0.2, 0.25) is 5.02 Å². The molecule has 0 radical (unpaired) electrons. The SMILES string of the molecule is N#Cc1cccnc1NCCNC(=O)C1CCN(S(=O)(=O)c2ccc(F)c(Cl)c2)CC1. The number of piperidine rings is 1. The van der Waals surface area contributed by atoms with E-state index >= 15 is 0 Å². The molecule has 0 atom stereocenters. The molecule has 2 N–H and O–H groups in total. The van der Waals surface area contributed by atoms with E-state index in [9.17, 15) is 17.6 Å². The number of rotatable bonds is 7. The summed E-state index contributed by atoms with van der Waals surface area (Å²) in [5.74, 6) is -0.672. The van der Waals surface area contributed by atoms with Gasteiger partial charge in [-0.05, 0) is 43.2 Å². The van der Waals surface area contributed by atoms with E-state index in [0.717, 1.165) is 12.1 Å². The van der Waals surface area contributed by atoms with Crippen LogP contribution in [0.4, 0.5) is 10.2 Å². The lowest BCUT2D eigenvalue weighted by Gasteiger charge is -2.30. The second-order valence-corrected chi connectivity index (χ2v) is 9.33. The summed E-state index contributed by atoms with van der Waals surface area (Å²) in [7, 11) is -3.80. The summed E-state index contributed by atoms with van der Waals surface area (Å²) in [6.07, 6.45) is 2.34. The topological polar surface area (TPSA) is 115 Å². The van der Waals surface area contributed by atoms with Gasteiger partial charge in [-0.15, -0.1) is 0 Å². The Morgan fingerprint density at radius 1 is 1.29 bits per heavy atom. The van der Waals surface area contributed by atoms with Gasteiger partial charge in [0.25, 0.3) is 0 Å². The molecule has 1 aromatic heterocycles. The molecule has 2 aromatic rings. The van der Waals surface area contributed by atoms with E-state index in [0.29, 0.717) is 37.3 Å². The largest absolute Gasteiger partial charge is 0.367 e. The Balaban J connectivity index is 1.47. The zero-order chi connectivity index (χ0) is 22.4. The number of pyridine rings is 1. The predicted molar refractivity (Wildman–Crippen MR) is 113 cm³/mol. The Labute approximate surface area is 185 Å². The lowest BCUT2D eigenvalue weighted by atomic mass is 9.97. The fraction of sp³-hybridized carbons (Fsp3) is 0.350. The number of anilines is 1. The third-order valence-electron chi connectivity index (χ3n) is 5.00. The molecule has 1 fully saturated rings. The van der Waals surface area contributed by atoms with Crippen molar-refractivity contribution >= 4 is 33.3 Å². The Morgan fingerprint density at radius 2 is 2.03 bits per heavy atom. The number of carbonyl (C=O) groups is 1. The van der Waals surface area contributed by atoms with Crippen molar-refractivity contribution in [2.75, 3.05) is 31.5 Å². The van der Waals surface area contributed by atoms with Crippen molar-refractivity contribution in [2.45, 2.75) is 17.7 Å². The number of sulfonamides is 1. The van der Waals surface area contributed by atoms with Crippen LogP contribution in [-0.2, 0) is 14.8 Å². The minimum atomic E-state index is -3.80. The molecule has 164 valence electrons. The van der Waals surface area contributed by atoms with Gasteiger partial charge in [0.15, 0.2) is 0 Å². The maximum atomic E-state index is 13.3. The third-order valence-corrected chi connectivity index (χ3v) is 7.18. The molecular formula is C20H21ClFN5O3S. The normalized spacial score (nSPS) is 15.3. The van der Waals surface area contributed by atoms with Crippen LogP contribution < -0.4 is 10.6 Å². The van der Waals surface area contributed by atoms with Crippen LogP contribution in [-0.4, -0.2) is 49.8 Å². The van der Waals surface area contributed by atoms with Gasteiger partial charge >= 0.3 is 0 Å².